The van der Waals surface area contributed by atoms with Gasteiger partial charge in [-0.2, -0.15) is 0 Å². The van der Waals surface area contributed by atoms with E-state index in [0.717, 1.165) is 19.4 Å². The third-order valence-corrected chi connectivity index (χ3v) is 4.19. The van der Waals surface area contributed by atoms with Gasteiger partial charge in [-0.15, -0.1) is 0 Å². The minimum Gasteiger partial charge on any atom is -0.396 e. The van der Waals surface area contributed by atoms with E-state index < -0.39 is 10.8 Å². The molecule has 0 spiro atoms. The third kappa shape index (κ3) is 5.06. The third-order valence-electron chi connectivity index (χ3n) is 2.67. The largest absolute Gasteiger partial charge is 0.396 e. The molecule has 0 radical (unpaired) electrons. The lowest BCUT2D eigenvalue weighted by Crippen LogP contribution is -2.34. The first-order valence-corrected chi connectivity index (χ1v) is 6.99. The van der Waals surface area contributed by atoms with Gasteiger partial charge in [-0.05, 0) is 26.3 Å². The normalized spacial score (nSPS) is 25.3. The van der Waals surface area contributed by atoms with Gasteiger partial charge in [0.15, 0.2) is 0 Å². The van der Waals surface area contributed by atoms with Crippen LogP contribution in [0.2, 0.25) is 0 Å². The van der Waals surface area contributed by atoms with Gasteiger partial charge in [-0.3, -0.25) is 4.21 Å². The van der Waals surface area contributed by atoms with Gasteiger partial charge in [0.05, 0.1) is 6.10 Å². The Bertz CT molecular complexity index is 195. The van der Waals surface area contributed by atoms with Crippen LogP contribution in [0.5, 0.6) is 0 Å². The molecule has 0 aromatic carbocycles. The second-order valence-corrected chi connectivity index (χ2v) is 5.45. The molecule has 15 heavy (non-hydrogen) atoms. The molecule has 1 saturated heterocycles. The molecule has 2 N–H and O–H groups in total. The Balaban J connectivity index is 2.20. The van der Waals surface area contributed by atoms with Crippen molar-refractivity contribution in [1.82, 2.24) is 5.32 Å². The van der Waals surface area contributed by atoms with Crippen molar-refractivity contribution in [2.75, 3.05) is 31.8 Å². The smallest absolute Gasteiger partial charge is 0.0691 e. The highest BCUT2D eigenvalue weighted by molar-refractivity contribution is 7.85. The van der Waals surface area contributed by atoms with Crippen molar-refractivity contribution in [1.29, 1.82) is 0 Å². The van der Waals surface area contributed by atoms with E-state index in [0.29, 0.717) is 17.9 Å². The first kappa shape index (κ1) is 13.1. The zero-order chi connectivity index (χ0) is 11.1. The minimum absolute atomic E-state index is 0.142. The van der Waals surface area contributed by atoms with Crippen molar-refractivity contribution in [2.24, 2.45) is 0 Å². The predicted molar refractivity (Wildman–Crippen MR) is 61.4 cm³/mol. The Hall–Kier alpha value is 0.0300. The second-order valence-electron chi connectivity index (χ2n) is 3.91. The zero-order valence-electron chi connectivity index (χ0n) is 9.28. The van der Waals surface area contributed by atoms with Crippen molar-refractivity contribution in [3.63, 3.8) is 0 Å². The molecule has 3 atom stereocenters. The van der Waals surface area contributed by atoms with Crippen molar-refractivity contribution in [2.45, 2.75) is 31.4 Å². The van der Waals surface area contributed by atoms with E-state index in [4.69, 9.17) is 9.84 Å². The quantitative estimate of drug-likeness (QED) is 0.646. The van der Waals surface area contributed by atoms with Crippen LogP contribution in [-0.4, -0.2) is 53.2 Å². The van der Waals surface area contributed by atoms with Crippen molar-refractivity contribution >= 4 is 10.8 Å². The average molecular weight is 235 g/mol. The summed E-state index contributed by atoms with van der Waals surface area (Å²) in [6.07, 6.45) is 2.98. The van der Waals surface area contributed by atoms with Gasteiger partial charge in [-0.1, -0.05) is 0 Å². The van der Waals surface area contributed by atoms with E-state index in [1.807, 2.05) is 7.05 Å². The highest BCUT2D eigenvalue weighted by Crippen LogP contribution is 2.13. The lowest BCUT2D eigenvalue weighted by molar-refractivity contribution is 0.128. The highest BCUT2D eigenvalue weighted by Gasteiger charge is 2.19. The van der Waals surface area contributed by atoms with Crippen LogP contribution in [-0.2, 0) is 15.5 Å². The molecule has 3 unspecified atom stereocenters. The van der Waals surface area contributed by atoms with Crippen LogP contribution in [0.3, 0.4) is 0 Å². The number of ether oxygens (including phenoxy) is 1. The summed E-state index contributed by atoms with van der Waals surface area (Å²) in [6.45, 7) is 0.955. The van der Waals surface area contributed by atoms with Gasteiger partial charge in [0.2, 0.25) is 0 Å². The van der Waals surface area contributed by atoms with Gasteiger partial charge >= 0.3 is 0 Å². The first-order chi connectivity index (χ1) is 7.26. The molecule has 4 nitrogen and oxygen atoms in total. The lowest BCUT2D eigenvalue weighted by atomic mass is 10.2. The van der Waals surface area contributed by atoms with Gasteiger partial charge < -0.3 is 15.2 Å². The van der Waals surface area contributed by atoms with Crippen LogP contribution in [0.4, 0.5) is 0 Å². The molecule has 1 heterocycles. The molecular weight excluding hydrogens is 214 g/mol. The summed E-state index contributed by atoms with van der Waals surface area (Å²) < 4.78 is 17.2. The van der Waals surface area contributed by atoms with Crippen LogP contribution in [0.25, 0.3) is 0 Å². The Morgan fingerprint density at radius 2 is 2.47 bits per heavy atom. The van der Waals surface area contributed by atoms with Crippen LogP contribution in [0.15, 0.2) is 0 Å². The van der Waals surface area contributed by atoms with Gasteiger partial charge in [0.1, 0.15) is 0 Å². The fourth-order valence-electron chi connectivity index (χ4n) is 1.74. The summed E-state index contributed by atoms with van der Waals surface area (Å²) in [5, 5.41) is 11.9. The summed E-state index contributed by atoms with van der Waals surface area (Å²) in [4.78, 5) is 0. The summed E-state index contributed by atoms with van der Waals surface area (Å²) >= 11 is 0. The molecular formula is C10H21NO3S. The fraction of sp³-hybridized carbons (Fsp3) is 1.00. The SMILES string of the molecule is CNC(CCO)CS(=O)CC1CCCO1. The topological polar surface area (TPSA) is 58.6 Å². The Morgan fingerprint density at radius 1 is 1.67 bits per heavy atom. The second kappa shape index (κ2) is 7.33. The fourth-order valence-corrected chi connectivity index (χ4v) is 3.34. The molecule has 5 heteroatoms. The van der Waals surface area contributed by atoms with Gasteiger partial charge in [-0.25, -0.2) is 0 Å². The molecule has 90 valence electrons. The van der Waals surface area contributed by atoms with Crippen LogP contribution in [0.1, 0.15) is 19.3 Å². The molecule has 0 aromatic rings. The van der Waals surface area contributed by atoms with Crippen LogP contribution < -0.4 is 5.32 Å². The van der Waals surface area contributed by atoms with E-state index in [-0.39, 0.29) is 18.8 Å². The maximum Gasteiger partial charge on any atom is 0.0691 e. The zero-order valence-corrected chi connectivity index (χ0v) is 10.1. The van der Waals surface area contributed by atoms with Crippen molar-refractivity contribution < 1.29 is 14.1 Å². The van der Waals surface area contributed by atoms with Crippen LogP contribution in [0, 0.1) is 0 Å². The number of rotatable bonds is 7. The summed E-state index contributed by atoms with van der Waals surface area (Å²) in [5.74, 6) is 1.25. The average Bonchev–Trinajstić information content (AvgIpc) is 2.69. The predicted octanol–water partition coefficient (Wildman–Crippen LogP) is -0.115. The van der Waals surface area contributed by atoms with E-state index in [1.165, 1.54) is 0 Å². The van der Waals surface area contributed by atoms with E-state index >= 15 is 0 Å². The Kier molecular flexibility index (Phi) is 6.40. The van der Waals surface area contributed by atoms with E-state index in [2.05, 4.69) is 5.32 Å². The first-order valence-electron chi connectivity index (χ1n) is 5.51. The molecule has 1 aliphatic rings. The number of hydrogen-bond acceptors (Lipinski definition) is 4. The van der Waals surface area contributed by atoms with E-state index in [1.54, 1.807) is 0 Å². The number of hydrogen-bond donors (Lipinski definition) is 2. The summed E-state index contributed by atoms with van der Waals surface area (Å²) in [6, 6.07) is 0.150. The summed E-state index contributed by atoms with van der Waals surface area (Å²) in [5.41, 5.74) is 0. The molecule has 0 saturated carbocycles. The summed E-state index contributed by atoms with van der Waals surface area (Å²) in [7, 11) is 0.997. The minimum atomic E-state index is -0.840. The van der Waals surface area contributed by atoms with E-state index in [9.17, 15) is 4.21 Å². The molecule has 0 aromatic heterocycles. The van der Waals surface area contributed by atoms with Gasteiger partial charge in [0.25, 0.3) is 0 Å². The molecule has 0 amide bonds. The number of nitrogens with one attached hydrogen (secondary N) is 1. The molecule has 1 fully saturated rings. The molecule has 1 aliphatic heterocycles. The molecule has 1 rings (SSSR count). The lowest BCUT2D eigenvalue weighted by Gasteiger charge is -2.15. The molecule has 0 aliphatic carbocycles. The van der Waals surface area contributed by atoms with Gasteiger partial charge in [0, 0.05) is 41.6 Å². The highest BCUT2D eigenvalue weighted by atomic mass is 32.2. The Morgan fingerprint density at radius 3 is 3.00 bits per heavy atom. The standard InChI is InChI=1S/C10H21NO3S/c1-11-9(4-5-12)7-15(13)8-10-3-2-6-14-10/h9-12H,2-8H2,1H3. The number of aliphatic hydroxyl groups excluding tert-OH is 1. The maximum absolute atomic E-state index is 11.8. The monoisotopic (exact) mass is 235 g/mol. The molecule has 0 bridgehead atoms. The number of aliphatic hydroxyl groups is 1. The Labute approximate surface area is 93.8 Å². The maximum atomic E-state index is 11.8. The van der Waals surface area contributed by atoms with Crippen molar-refractivity contribution in [3.05, 3.63) is 0 Å². The van der Waals surface area contributed by atoms with Crippen molar-refractivity contribution in [3.8, 4) is 0 Å². The van der Waals surface area contributed by atoms with Crippen LogP contribution >= 0.6 is 0 Å².